The van der Waals surface area contributed by atoms with E-state index in [4.69, 9.17) is 4.74 Å². The van der Waals surface area contributed by atoms with E-state index in [9.17, 15) is 0 Å². The second-order valence-electron chi connectivity index (χ2n) is 5.74. The van der Waals surface area contributed by atoms with Gasteiger partial charge in [0.15, 0.2) is 0 Å². The van der Waals surface area contributed by atoms with Crippen molar-refractivity contribution in [3.8, 4) is 5.75 Å². The zero-order valence-electron chi connectivity index (χ0n) is 13.0. The molecule has 112 valence electrons. The van der Waals surface area contributed by atoms with Crippen LogP contribution in [0.2, 0.25) is 0 Å². The number of para-hydroxylation sites is 1. The fraction of sp³-hybridized carbons (Fsp3) is 0.222. The zero-order valence-corrected chi connectivity index (χ0v) is 13.0. The van der Waals surface area contributed by atoms with E-state index in [1.807, 2.05) is 42.5 Å². The summed E-state index contributed by atoms with van der Waals surface area (Å²) >= 11 is 0. The molecular formula is C18H19N3O. The summed E-state index contributed by atoms with van der Waals surface area (Å²) in [6.07, 6.45) is 1.80. The van der Waals surface area contributed by atoms with Gasteiger partial charge >= 0.3 is 0 Å². The topological polar surface area (TPSA) is 46.0 Å². The van der Waals surface area contributed by atoms with Gasteiger partial charge in [-0.2, -0.15) is 5.10 Å². The van der Waals surface area contributed by atoms with Crippen LogP contribution in [0.3, 0.4) is 0 Å². The molecule has 0 unspecified atom stereocenters. The second kappa shape index (κ2) is 5.64. The van der Waals surface area contributed by atoms with Crippen molar-refractivity contribution in [3.05, 3.63) is 54.1 Å². The first kappa shape index (κ1) is 14.3. The smallest absolute Gasteiger partial charge is 0.119 e. The maximum atomic E-state index is 5.13. The molecule has 0 saturated heterocycles. The Labute approximate surface area is 130 Å². The molecule has 1 heterocycles. The number of hydrogen-bond acceptors (Lipinski definition) is 4. The van der Waals surface area contributed by atoms with Crippen LogP contribution < -0.4 is 10.2 Å². The van der Waals surface area contributed by atoms with Gasteiger partial charge in [-0.25, -0.2) is 0 Å². The lowest BCUT2D eigenvalue weighted by atomic mass is 9.82. The maximum Gasteiger partial charge on any atom is 0.119 e. The summed E-state index contributed by atoms with van der Waals surface area (Å²) in [5.74, 6) is 0.825. The zero-order chi connectivity index (χ0) is 15.6. The molecule has 0 aromatic heterocycles. The van der Waals surface area contributed by atoms with Gasteiger partial charge in [0, 0.05) is 5.41 Å². The van der Waals surface area contributed by atoms with Crippen LogP contribution in [-0.4, -0.2) is 19.0 Å². The van der Waals surface area contributed by atoms with Crippen LogP contribution in [0, 0.1) is 0 Å². The summed E-state index contributed by atoms with van der Waals surface area (Å²) in [5, 5.41) is 4.31. The fourth-order valence-electron chi connectivity index (χ4n) is 2.53. The highest BCUT2D eigenvalue weighted by Gasteiger charge is 2.33. The van der Waals surface area contributed by atoms with Crippen LogP contribution in [0.4, 0.5) is 11.4 Å². The van der Waals surface area contributed by atoms with Crippen molar-refractivity contribution in [1.29, 1.82) is 0 Å². The van der Waals surface area contributed by atoms with Crippen LogP contribution in [-0.2, 0) is 5.41 Å². The molecule has 0 spiro atoms. The minimum absolute atomic E-state index is 0.123. The molecule has 0 radical (unpaired) electrons. The van der Waals surface area contributed by atoms with Gasteiger partial charge in [0.25, 0.3) is 0 Å². The molecular weight excluding hydrogens is 274 g/mol. The van der Waals surface area contributed by atoms with Gasteiger partial charge < -0.3 is 4.74 Å². The summed E-state index contributed by atoms with van der Waals surface area (Å²) in [5.41, 5.74) is 7.02. The SMILES string of the molecule is COc1ccc(N/N=C/C2=Nc3ccccc3C2(C)C)cc1. The normalized spacial score (nSPS) is 15.5. The Kier molecular flexibility index (Phi) is 3.67. The highest BCUT2D eigenvalue weighted by atomic mass is 16.5. The molecule has 2 aromatic rings. The van der Waals surface area contributed by atoms with Crippen molar-refractivity contribution >= 4 is 23.3 Å². The van der Waals surface area contributed by atoms with E-state index in [0.717, 1.165) is 22.8 Å². The third-order valence-electron chi connectivity index (χ3n) is 3.93. The van der Waals surface area contributed by atoms with E-state index in [1.165, 1.54) is 5.56 Å². The first-order valence-corrected chi connectivity index (χ1v) is 7.23. The van der Waals surface area contributed by atoms with Crippen LogP contribution in [0.5, 0.6) is 5.75 Å². The number of nitrogens with zero attached hydrogens (tertiary/aromatic N) is 2. The van der Waals surface area contributed by atoms with Gasteiger partial charge in [0.05, 0.1) is 30.4 Å². The average molecular weight is 293 g/mol. The van der Waals surface area contributed by atoms with Crippen LogP contribution >= 0.6 is 0 Å². The molecule has 1 aliphatic heterocycles. The summed E-state index contributed by atoms with van der Waals surface area (Å²) in [7, 11) is 1.65. The van der Waals surface area contributed by atoms with Gasteiger partial charge in [-0.3, -0.25) is 10.4 Å². The lowest BCUT2D eigenvalue weighted by Gasteiger charge is -2.19. The number of ether oxygens (including phenoxy) is 1. The molecule has 0 aliphatic carbocycles. The molecule has 1 N–H and O–H groups in total. The predicted octanol–water partition coefficient (Wildman–Crippen LogP) is 4.16. The number of rotatable bonds is 4. The molecule has 4 heteroatoms. The van der Waals surface area contributed by atoms with E-state index in [1.54, 1.807) is 13.3 Å². The monoisotopic (exact) mass is 293 g/mol. The van der Waals surface area contributed by atoms with Crippen molar-refractivity contribution in [2.45, 2.75) is 19.3 Å². The summed E-state index contributed by atoms with van der Waals surface area (Å²) in [6.45, 7) is 4.33. The Hall–Kier alpha value is -2.62. The largest absolute Gasteiger partial charge is 0.497 e. The Morgan fingerprint density at radius 2 is 1.82 bits per heavy atom. The third kappa shape index (κ3) is 2.60. The van der Waals surface area contributed by atoms with Crippen LogP contribution in [0.25, 0.3) is 0 Å². The minimum atomic E-state index is -0.123. The van der Waals surface area contributed by atoms with Gasteiger partial charge in [0.1, 0.15) is 5.75 Å². The Balaban J connectivity index is 1.73. The van der Waals surface area contributed by atoms with Crippen molar-refractivity contribution < 1.29 is 4.74 Å². The van der Waals surface area contributed by atoms with E-state index >= 15 is 0 Å². The predicted molar refractivity (Wildman–Crippen MR) is 91.7 cm³/mol. The van der Waals surface area contributed by atoms with Gasteiger partial charge in [-0.05, 0) is 35.9 Å². The number of hydrazone groups is 1. The lowest BCUT2D eigenvalue weighted by molar-refractivity contribution is 0.415. The fourth-order valence-corrected chi connectivity index (χ4v) is 2.53. The molecule has 0 atom stereocenters. The maximum absolute atomic E-state index is 5.13. The first-order valence-electron chi connectivity index (χ1n) is 7.23. The van der Waals surface area contributed by atoms with Gasteiger partial charge in [-0.1, -0.05) is 32.0 Å². The number of benzene rings is 2. The number of nitrogens with one attached hydrogen (secondary N) is 1. The molecule has 0 amide bonds. The standard InChI is InChI=1S/C18H19N3O/c1-18(2)15-6-4-5-7-16(15)20-17(18)12-19-21-13-8-10-14(22-3)11-9-13/h4-12,21H,1-3H3/b19-12+. The molecule has 3 rings (SSSR count). The van der Waals surface area contributed by atoms with Crippen LogP contribution in [0.15, 0.2) is 58.6 Å². The van der Waals surface area contributed by atoms with Crippen LogP contribution in [0.1, 0.15) is 19.4 Å². The molecule has 0 bridgehead atoms. The number of fused-ring (bicyclic) bond motifs is 1. The molecule has 0 saturated carbocycles. The third-order valence-corrected chi connectivity index (χ3v) is 3.93. The molecule has 4 nitrogen and oxygen atoms in total. The summed E-state index contributed by atoms with van der Waals surface area (Å²) in [6, 6.07) is 15.8. The second-order valence-corrected chi connectivity index (χ2v) is 5.74. The number of methoxy groups -OCH3 is 1. The first-order chi connectivity index (χ1) is 10.6. The number of hydrogen-bond donors (Lipinski definition) is 1. The molecule has 0 fully saturated rings. The minimum Gasteiger partial charge on any atom is -0.497 e. The quantitative estimate of drug-likeness (QED) is 0.679. The Bertz CT molecular complexity index is 730. The Morgan fingerprint density at radius 3 is 2.50 bits per heavy atom. The molecule has 1 aliphatic rings. The molecule has 22 heavy (non-hydrogen) atoms. The Morgan fingerprint density at radius 1 is 1.09 bits per heavy atom. The van der Waals surface area contributed by atoms with E-state index < -0.39 is 0 Å². The summed E-state index contributed by atoms with van der Waals surface area (Å²) in [4.78, 5) is 4.67. The molecule has 2 aromatic carbocycles. The highest BCUT2D eigenvalue weighted by molar-refractivity contribution is 6.36. The number of aliphatic imine (C=N–C) groups is 1. The average Bonchev–Trinajstić information content (AvgIpc) is 2.79. The van der Waals surface area contributed by atoms with E-state index in [-0.39, 0.29) is 5.41 Å². The van der Waals surface area contributed by atoms with Gasteiger partial charge in [-0.15, -0.1) is 0 Å². The van der Waals surface area contributed by atoms with E-state index in [0.29, 0.717) is 0 Å². The van der Waals surface area contributed by atoms with Crippen molar-refractivity contribution in [3.63, 3.8) is 0 Å². The highest BCUT2D eigenvalue weighted by Crippen LogP contribution is 2.38. The van der Waals surface area contributed by atoms with Crippen molar-refractivity contribution in [1.82, 2.24) is 0 Å². The van der Waals surface area contributed by atoms with Crippen molar-refractivity contribution in [2.24, 2.45) is 10.1 Å². The number of anilines is 1. The van der Waals surface area contributed by atoms with Crippen molar-refractivity contribution in [2.75, 3.05) is 12.5 Å². The van der Waals surface area contributed by atoms with Gasteiger partial charge in [0.2, 0.25) is 0 Å². The lowest BCUT2D eigenvalue weighted by Crippen LogP contribution is -2.26. The van der Waals surface area contributed by atoms with E-state index in [2.05, 4.69) is 35.4 Å². The summed E-state index contributed by atoms with van der Waals surface area (Å²) < 4.78 is 5.13.